The van der Waals surface area contributed by atoms with Crippen molar-refractivity contribution in [3.63, 3.8) is 0 Å². The SMILES string of the molecule is CCOC(=O)N[C@H](Cc1ccccc1)c1csc([C@@H]2CCCO2)n1. The minimum absolute atomic E-state index is 0.101. The number of carbonyl (C=O) groups is 1. The maximum Gasteiger partial charge on any atom is 0.407 e. The normalized spacial score (nSPS) is 18.3. The van der Waals surface area contributed by atoms with Gasteiger partial charge in [0.1, 0.15) is 11.1 Å². The highest BCUT2D eigenvalue weighted by molar-refractivity contribution is 7.09. The highest BCUT2D eigenvalue weighted by Gasteiger charge is 2.24. The zero-order valence-corrected chi connectivity index (χ0v) is 14.6. The Morgan fingerprint density at radius 2 is 2.29 bits per heavy atom. The first-order valence-corrected chi connectivity index (χ1v) is 9.18. The average molecular weight is 346 g/mol. The lowest BCUT2D eigenvalue weighted by Crippen LogP contribution is -2.30. The molecule has 128 valence electrons. The number of carbonyl (C=O) groups excluding carboxylic acids is 1. The standard InChI is InChI=1S/C18H22N2O3S/c1-2-22-18(21)20-14(11-13-7-4-3-5-8-13)15-12-24-17(19-15)16-9-6-10-23-16/h3-5,7-8,12,14,16H,2,6,9-11H2,1H3,(H,20,21)/t14-,16+/m1/s1. The van der Waals surface area contributed by atoms with E-state index in [4.69, 9.17) is 14.5 Å². The van der Waals surface area contributed by atoms with Crippen LogP contribution in [-0.4, -0.2) is 24.3 Å². The summed E-state index contributed by atoms with van der Waals surface area (Å²) >= 11 is 1.60. The molecule has 1 saturated heterocycles. The molecule has 0 saturated carbocycles. The van der Waals surface area contributed by atoms with Crippen LogP contribution in [0.15, 0.2) is 35.7 Å². The summed E-state index contributed by atoms with van der Waals surface area (Å²) in [7, 11) is 0. The first-order chi connectivity index (χ1) is 11.8. The molecule has 1 N–H and O–H groups in total. The third-order valence-electron chi connectivity index (χ3n) is 3.95. The van der Waals surface area contributed by atoms with Gasteiger partial charge in [-0.15, -0.1) is 11.3 Å². The second kappa shape index (κ2) is 8.26. The molecule has 1 aromatic heterocycles. The summed E-state index contributed by atoms with van der Waals surface area (Å²) < 4.78 is 10.7. The molecular formula is C18H22N2O3S. The molecule has 2 heterocycles. The molecule has 1 fully saturated rings. The molecule has 1 aliphatic heterocycles. The quantitative estimate of drug-likeness (QED) is 0.858. The summed E-state index contributed by atoms with van der Waals surface area (Å²) in [6, 6.07) is 9.86. The average Bonchev–Trinajstić information content (AvgIpc) is 3.27. The van der Waals surface area contributed by atoms with Crippen molar-refractivity contribution in [3.05, 3.63) is 52.0 Å². The second-order valence-corrected chi connectivity index (χ2v) is 6.61. The van der Waals surface area contributed by atoms with E-state index in [9.17, 15) is 4.79 Å². The molecule has 0 spiro atoms. The molecule has 1 aliphatic rings. The fraction of sp³-hybridized carbons (Fsp3) is 0.444. The maximum atomic E-state index is 11.9. The van der Waals surface area contributed by atoms with E-state index in [0.717, 1.165) is 35.7 Å². The van der Waals surface area contributed by atoms with Crippen LogP contribution in [0.3, 0.4) is 0 Å². The van der Waals surface area contributed by atoms with Crippen molar-refractivity contribution in [1.82, 2.24) is 10.3 Å². The van der Waals surface area contributed by atoms with Gasteiger partial charge in [0.05, 0.1) is 18.3 Å². The summed E-state index contributed by atoms with van der Waals surface area (Å²) in [6.07, 6.45) is 2.46. The zero-order valence-electron chi connectivity index (χ0n) is 13.7. The third-order valence-corrected chi connectivity index (χ3v) is 4.91. The molecule has 2 atom stereocenters. The highest BCUT2D eigenvalue weighted by atomic mass is 32.1. The Morgan fingerprint density at radius 3 is 3.00 bits per heavy atom. The molecule has 6 heteroatoms. The fourth-order valence-electron chi connectivity index (χ4n) is 2.78. The number of amides is 1. The van der Waals surface area contributed by atoms with Crippen molar-refractivity contribution in [3.8, 4) is 0 Å². The van der Waals surface area contributed by atoms with Gasteiger partial charge in [-0.05, 0) is 31.7 Å². The van der Waals surface area contributed by atoms with Crippen molar-refractivity contribution in [2.24, 2.45) is 0 Å². The van der Waals surface area contributed by atoms with Crippen molar-refractivity contribution in [2.45, 2.75) is 38.3 Å². The van der Waals surface area contributed by atoms with Crippen LogP contribution in [0.4, 0.5) is 4.79 Å². The van der Waals surface area contributed by atoms with Crippen LogP contribution in [0.5, 0.6) is 0 Å². The van der Waals surface area contributed by atoms with E-state index >= 15 is 0 Å². The van der Waals surface area contributed by atoms with E-state index in [1.807, 2.05) is 35.7 Å². The van der Waals surface area contributed by atoms with E-state index in [1.54, 1.807) is 18.3 Å². The number of benzene rings is 1. The Morgan fingerprint density at radius 1 is 1.46 bits per heavy atom. The Hall–Kier alpha value is -1.92. The van der Waals surface area contributed by atoms with Gasteiger partial charge in [-0.1, -0.05) is 30.3 Å². The zero-order chi connectivity index (χ0) is 16.8. The molecule has 1 aromatic carbocycles. The predicted molar refractivity (Wildman–Crippen MR) is 93.1 cm³/mol. The smallest absolute Gasteiger partial charge is 0.407 e. The van der Waals surface area contributed by atoms with Gasteiger partial charge in [0, 0.05) is 12.0 Å². The Bertz CT molecular complexity index is 653. The summed E-state index contributed by atoms with van der Waals surface area (Å²) in [4.78, 5) is 16.6. The predicted octanol–water partition coefficient (Wildman–Crippen LogP) is 4.02. The number of aromatic nitrogens is 1. The monoisotopic (exact) mass is 346 g/mol. The van der Waals surface area contributed by atoms with Gasteiger partial charge in [-0.25, -0.2) is 9.78 Å². The number of hydrogen-bond acceptors (Lipinski definition) is 5. The molecule has 5 nitrogen and oxygen atoms in total. The van der Waals surface area contributed by atoms with Crippen LogP contribution in [0, 0.1) is 0 Å². The number of nitrogens with one attached hydrogen (secondary N) is 1. The summed E-state index contributed by atoms with van der Waals surface area (Å²) in [5.41, 5.74) is 2.01. The number of nitrogens with zero attached hydrogens (tertiary/aromatic N) is 1. The van der Waals surface area contributed by atoms with Crippen LogP contribution in [0.25, 0.3) is 0 Å². The molecule has 2 aromatic rings. The van der Waals surface area contributed by atoms with Crippen molar-refractivity contribution >= 4 is 17.4 Å². The van der Waals surface area contributed by atoms with E-state index in [2.05, 4.69) is 5.32 Å². The summed E-state index contributed by atoms with van der Waals surface area (Å²) in [6.45, 7) is 2.94. The highest BCUT2D eigenvalue weighted by Crippen LogP contribution is 2.32. The van der Waals surface area contributed by atoms with E-state index in [1.165, 1.54) is 0 Å². The number of hydrogen-bond donors (Lipinski definition) is 1. The lowest BCUT2D eigenvalue weighted by atomic mass is 10.0. The molecule has 0 radical (unpaired) electrons. The largest absolute Gasteiger partial charge is 0.450 e. The fourth-order valence-corrected chi connectivity index (χ4v) is 3.73. The van der Waals surface area contributed by atoms with Gasteiger partial charge in [0.15, 0.2) is 0 Å². The third kappa shape index (κ3) is 4.33. The summed E-state index contributed by atoms with van der Waals surface area (Å²) in [5, 5.41) is 5.93. The Labute approximate surface area is 146 Å². The Balaban J connectivity index is 1.76. The summed E-state index contributed by atoms with van der Waals surface area (Å²) in [5.74, 6) is 0. The number of ether oxygens (including phenoxy) is 2. The van der Waals surface area contributed by atoms with Crippen molar-refractivity contribution < 1.29 is 14.3 Å². The number of alkyl carbamates (subject to hydrolysis) is 1. The number of thiazole rings is 1. The van der Waals surface area contributed by atoms with Crippen molar-refractivity contribution in [2.75, 3.05) is 13.2 Å². The second-order valence-electron chi connectivity index (χ2n) is 5.72. The number of rotatable bonds is 6. The van der Waals surface area contributed by atoms with Crippen LogP contribution in [0.2, 0.25) is 0 Å². The maximum absolute atomic E-state index is 11.9. The van der Waals surface area contributed by atoms with Crippen LogP contribution in [-0.2, 0) is 15.9 Å². The lowest BCUT2D eigenvalue weighted by molar-refractivity contribution is 0.111. The van der Waals surface area contributed by atoms with Crippen LogP contribution < -0.4 is 5.32 Å². The van der Waals surface area contributed by atoms with Crippen LogP contribution in [0.1, 0.15) is 48.2 Å². The van der Waals surface area contributed by atoms with Gasteiger partial charge in [0.2, 0.25) is 0 Å². The minimum Gasteiger partial charge on any atom is -0.450 e. The Kier molecular flexibility index (Phi) is 5.82. The molecule has 0 bridgehead atoms. The van der Waals surface area contributed by atoms with Gasteiger partial charge in [-0.2, -0.15) is 0 Å². The molecule has 0 aliphatic carbocycles. The minimum atomic E-state index is -0.412. The van der Waals surface area contributed by atoms with Gasteiger partial charge in [-0.3, -0.25) is 0 Å². The van der Waals surface area contributed by atoms with Crippen LogP contribution >= 0.6 is 11.3 Å². The van der Waals surface area contributed by atoms with E-state index < -0.39 is 6.09 Å². The van der Waals surface area contributed by atoms with Gasteiger partial charge >= 0.3 is 6.09 Å². The first kappa shape index (κ1) is 16.9. The lowest BCUT2D eigenvalue weighted by Gasteiger charge is -2.17. The molecular weight excluding hydrogens is 324 g/mol. The molecule has 0 unspecified atom stereocenters. The first-order valence-electron chi connectivity index (χ1n) is 8.30. The van der Waals surface area contributed by atoms with E-state index in [-0.39, 0.29) is 12.1 Å². The van der Waals surface area contributed by atoms with Gasteiger partial charge < -0.3 is 14.8 Å². The molecule has 24 heavy (non-hydrogen) atoms. The van der Waals surface area contributed by atoms with E-state index in [0.29, 0.717) is 13.0 Å². The van der Waals surface area contributed by atoms with Crippen molar-refractivity contribution in [1.29, 1.82) is 0 Å². The van der Waals surface area contributed by atoms with Gasteiger partial charge in [0.25, 0.3) is 0 Å². The molecule has 1 amide bonds. The molecule has 3 rings (SSSR count). The topological polar surface area (TPSA) is 60.5 Å².